The van der Waals surface area contributed by atoms with Crippen molar-refractivity contribution in [1.29, 1.82) is 0 Å². The second-order valence-corrected chi connectivity index (χ2v) is 5.83. The fourth-order valence-electron chi connectivity index (χ4n) is 1.73. The van der Waals surface area contributed by atoms with Gasteiger partial charge in [0, 0.05) is 0 Å². The molecule has 1 saturated heterocycles. The van der Waals surface area contributed by atoms with E-state index in [9.17, 15) is 13.5 Å². The third-order valence-corrected chi connectivity index (χ3v) is 4.80. The molecule has 3 nitrogen and oxygen atoms in total. The van der Waals surface area contributed by atoms with Crippen LogP contribution in [0.2, 0.25) is 0 Å². The van der Waals surface area contributed by atoms with Crippen LogP contribution in [0.15, 0.2) is 12.7 Å². The van der Waals surface area contributed by atoms with Crippen molar-refractivity contribution in [2.45, 2.75) is 37.0 Å². The molecule has 13 heavy (non-hydrogen) atoms. The zero-order chi connectivity index (χ0) is 9.90. The Labute approximate surface area is 79.4 Å². The minimum atomic E-state index is -3.04. The monoisotopic (exact) mass is 204 g/mol. The molecule has 2 unspecified atom stereocenters. The van der Waals surface area contributed by atoms with Crippen molar-refractivity contribution in [2.24, 2.45) is 0 Å². The van der Waals surface area contributed by atoms with Gasteiger partial charge in [0.1, 0.15) is 0 Å². The molecule has 1 aliphatic rings. The van der Waals surface area contributed by atoms with Crippen LogP contribution in [0.1, 0.15) is 25.7 Å². The van der Waals surface area contributed by atoms with Crippen molar-refractivity contribution in [1.82, 2.24) is 0 Å². The molecule has 2 atom stereocenters. The molecule has 1 rings (SSSR count). The molecule has 1 heterocycles. The van der Waals surface area contributed by atoms with E-state index in [-0.39, 0.29) is 5.75 Å². The molecule has 0 aliphatic carbocycles. The largest absolute Gasteiger partial charge is 0.391 e. The molecule has 0 bridgehead atoms. The van der Waals surface area contributed by atoms with Gasteiger partial charge in [0.25, 0.3) is 0 Å². The summed E-state index contributed by atoms with van der Waals surface area (Å²) in [6.07, 6.45) is 3.40. The molecule has 0 aromatic rings. The normalized spacial score (nSPS) is 29.5. The maximum absolute atomic E-state index is 11.5. The molecule has 0 spiro atoms. The van der Waals surface area contributed by atoms with E-state index in [1.807, 2.05) is 0 Å². The zero-order valence-corrected chi connectivity index (χ0v) is 8.46. The van der Waals surface area contributed by atoms with Crippen LogP contribution >= 0.6 is 0 Å². The van der Waals surface area contributed by atoms with E-state index < -0.39 is 21.2 Å². The molecule has 0 aromatic carbocycles. The van der Waals surface area contributed by atoms with Crippen LogP contribution in [0, 0.1) is 0 Å². The third-order valence-electron chi connectivity index (χ3n) is 2.47. The number of hydrogen-bond donors (Lipinski definition) is 1. The maximum atomic E-state index is 11.5. The van der Waals surface area contributed by atoms with Gasteiger partial charge in [-0.15, -0.1) is 6.58 Å². The van der Waals surface area contributed by atoms with Gasteiger partial charge in [0.15, 0.2) is 9.84 Å². The predicted molar refractivity (Wildman–Crippen MR) is 52.2 cm³/mol. The summed E-state index contributed by atoms with van der Waals surface area (Å²) >= 11 is 0. The third kappa shape index (κ3) is 2.54. The van der Waals surface area contributed by atoms with Crippen LogP contribution in [0.4, 0.5) is 0 Å². The van der Waals surface area contributed by atoms with Crippen LogP contribution in [0.5, 0.6) is 0 Å². The van der Waals surface area contributed by atoms with Crippen molar-refractivity contribution >= 4 is 9.84 Å². The Morgan fingerprint density at radius 2 is 2.23 bits per heavy atom. The topological polar surface area (TPSA) is 54.4 Å². The molecule has 4 heteroatoms. The summed E-state index contributed by atoms with van der Waals surface area (Å²) in [6, 6.07) is 0. The first-order valence-electron chi connectivity index (χ1n) is 4.58. The van der Waals surface area contributed by atoms with E-state index in [1.165, 1.54) is 0 Å². The minimum Gasteiger partial charge on any atom is -0.391 e. The van der Waals surface area contributed by atoms with E-state index in [1.54, 1.807) is 6.08 Å². The first-order valence-corrected chi connectivity index (χ1v) is 6.30. The molecule has 0 amide bonds. The zero-order valence-electron chi connectivity index (χ0n) is 7.65. The van der Waals surface area contributed by atoms with Gasteiger partial charge in [-0.05, 0) is 19.3 Å². The van der Waals surface area contributed by atoms with E-state index in [0.29, 0.717) is 12.8 Å². The fraction of sp³-hybridized carbons (Fsp3) is 0.778. The van der Waals surface area contributed by atoms with Gasteiger partial charge in [-0.3, -0.25) is 0 Å². The van der Waals surface area contributed by atoms with Crippen molar-refractivity contribution in [3.8, 4) is 0 Å². The smallest absolute Gasteiger partial charge is 0.155 e. The van der Waals surface area contributed by atoms with Gasteiger partial charge in [-0.1, -0.05) is 12.5 Å². The molecule has 1 N–H and O–H groups in total. The van der Waals surface area contributed by atoms with Crippen LogP contribution in [0.3, 0.4) is 0 Å². The van der Waals surface area contributed by atoms with Gasteiger partial charge >= 0.3 is 0 Å². The highest BCUT2D eigenvalue weighted by Crippen LogP contribution is 2.23. The molecular formula is C9H16O3S. The van der Waals surface area contributed by atoms with Crippen LogP contribution in [-0.4, -0.2) is 30.6 Å². The molecular weight excluding hydrogens is 188 g/mol. The summed E-state index contributed by atoms with van der Waals surface area (Å²) in [6.45, 7) is 3.49. The lowest BCUT2D eigenvalue weighted by molar-refractivity contribution is 0.165. The predicted octanol–water partition coefficient (Wildman–Crippen LogP) is 0.891. The van der Waals surface area contributed by atoms with Crippen molar-refractivity contribution < 1.29 is 13.5 Å². The first-order chi connectivity index (χ1) is 6.08. The second kappa shape index (κ2) is 4.24. The Morgan fingerprint density at radius 1 is 1.54 bits per heavy atom. The van der Waals surface area contributed by atoms with E-state index in [4.69, 9.17) is 0 Å². The molecule has 0 aromatic heterocycles. The average molecular weight is 204 g/mol. The molecule has 1 fully saturated rings. The Bertz CT molecular complexity index is 269. The summed E-state index contributed by atoms with van der Waals surface area (Å²) < 4.78 is 23.0. The first kappa shape index (κ1) is 10.7. The van der Waals surface area contributed by atoms with Gasteiger partial charge in [0.05, 0.1) is 17.1 Å². The molecule has 0 saturated carbocycles. The Hall–Kier alpha value is -0.350. The number of rotatable bonds is 3. The Morgan fingerprint density at radius 3 is 2.77 bits per heavy atom. The highest BCUT2D eigenvalue weighted by atomic mass is 32.2. The number of sulfone groups is 1. The second-order valence-electron chi connectivity index (χ2n) is 3.49. The molecule has 76 valence electrons. The highest BCUT2D eigenvalue weighted by molar-refractivity contribution is 7.92. The van der Waals surface area contributed by atoms with E-state index in [0.717, 1.165) is 12.8 Å². The summed E-state index contributed by atoms with van der Waals surface area (Å²) in [5.74, 6) is 0.228. The quantitative estimate of drug-likeness (QED) is 0.695. The van der Waals surface area contributed by atoms with Crippen LogP contribution in [-0.2, 0) is 9.84 Å². The maximum Gasteiger partial charge on any atom is 0.155 e. The standard InChI is InChI=1S/C9H16O3S/c1-2-5-8(10)9-6-3-4-7-13(9,11)12/h2,8-10H,1,3-7H2. The summed E-state index contributed by atoms with van der Waals surface area (Å²) in [7, 11) is -3.04. The van der Waals surface area contributed by atoms with Gasteiger partial charge in [-0.2, -0.15) is 0 Å². The lowest BCUT2D eigenvalue weighted by Gasteiger charge is -2.25. The highest BCUT2D eigenvalue weighted by Gasteiger charge is 2.33. The SMILES string of the molecule is C=CCC(O)C1CCCCS1(=O)=O. The number of aliphatic hydroxyl groups excluding tert-OH is 1. The number of aliphatic hydroxyl groups is 1. The van der Waals surface area contributed by atoms with E-state index in [2.05, 4.69) is 6.58 Å². The van der Waals surface area contributed by atoms with Crippen LogP contribution in [0.25, 0.3) is 0 Å². The molecule has 0 radical (unpaired) electrons. The minimum absolute atomic E-state index is 0.228. The van der Waals surface area contributed by atoms with Crippen molar-refractivity contribution in [2.75, 3.05) is 5.75 Å². The molecule has 1 aliphatic heterocycles. The van der Waals surface area contributed by atoms with Crippen LogP contribution < -0.4 is 0 Å². The lowest BCUT2D eigenvalue weighted by atomic mass is 10.1. The Balaban J connectivity index is 2.70. The average Bonchev–Trinajstić information content (AvgIpc) is 2.03. The van der Waals surface area contributed by atoms with Gasteiger partial charge < -0.3 is 5.11 Å². The van der Waals surface area contributed by atoms with Gasteiger partial charge in [0.2, 0.25) is 0 Å². The van der Waals surface area contributed by atoms with Gasteiger partial charge in [-0.25, -0.2) is 8.42 Å². The Kier molecular flexibility index (Phi) is 3.50. The number of hydrogen-bond acceptors (Lipinski definition) is 3. The summed E-state index contributed by atoms with van der Waals surface area (Å²) in [5, 5.41) is 9.00. The summed E-state index contributed by atoms with van der Waals surface area (Å²) in [4.78, 5) is 0. The summed E-state index contributed by atoms with van der Waals surface area (Å²) in [5.41, 5.74) is 0. The fourth-order valence-corrected chi connectivity index (χ4v) is 3.76. The van der Waals surface area contributed by atoms with E-state index >= 15 is 0 Å². The van der Waals surface area contributed by atoms with Crippen molar-refractivity contribution in [3.63, 3.8) is 0 Å². The van der Waals surface area contributed by atoms with Crippen molar-refractivity contribution in [3.05, 3.63) is 12.7 Å². The lowest BCUT2D eigenvalue weighted by Crippen LogP contribution is -2.38.